The maximum Gasteiger partial charge on any atom is -0.00676 e. The van der Waals surface area contributed by atoms with Crippen LogP contribution in [0.2, 0.25) is 0 Å². The fourth-order valence-electron chi connectivity index (χ4n) is 5.87. The molecule has 228 valence electrons. The largest absolute Gasteiger partial charge is 0.102 e. The van der Waals surface area contributed by atoms with Crippen molar-refractivity contribution in [1.29, 1.82) is 0 Å². The molecule has 3 heteroatoms. The average molecular weight is 595 g/mol. The normalized spacial score (nSPS) is 12.0. The van der Waals surface area contributed by atoms with Crippen molar-refractivity contribution in [3.05, 3.63) is 33.4 Å². The van der Waals surface area contributed by atoms with Crippen LogP contribution in [0.4, 0.5) is 0 Å². The Bertz CT molecular complexity index is 611. The van der Waals surface area contributed by atoms with Gasteiger partial charge in [-0.2, -0.15) is 0 Å². The number of hydrogen-bond donors (Lipinski definition) is 0. The fraction of sp³-hybridized carbons (Fsp3) is 0.833. The van der Waals surface area contributed by atoms with E-state index in [0.29, 0.717) is 0 Å². The SMILES string of the molecule is CCCCP(CCCC)Cc1c(C)c(CP(CCCC)CCCC)c(C)c(CP(CCCC)CCCC)c1C. The van der Waals surface area contributed by atoms with Gasteiger partial charge in [-0.25, -0.2) is 0 Å². The second-order valence-corrected chi connectivity index (χ2v) is 19.9. The lowest BCUT2D eigenvalue weighted by Gasteiger charge is -2.29. The highest BCUT2D eigenvalue weighted by Crippen LogP contribution is 2.50. The minimum absolute atomic E-state index is 0.117. The van der Waals surface area contributed by atoms with Gasteiger partial charge in [0.2, 0.25) is 0 Å². The fourth-order valence-corrected chi connectivity index (χ4v) is 14.8. The third-order valence-electron chi connectivity index (χ3n) is 8.83. The van der Waals surface area contributed by atoms with Crippen LogP contribution in [0.3, 0.4) is 0 Å². The Hall–Kier alpha value is 0.510. The summed E-state index contributed by atoms with van der Waals surface area (Å²) >= 11 is 0. The zero-order valence-corrected chi connectivity index (χ0v) is 30.9. The van der Waals surface area contributed by atoms with Crippen LogP contribution >= 0.6 is 23.8 Å². The molecule has 0 fully saturated rings. The molecule has 1 aromatic carbocycles. The molecule has 0 heterocycles. The summed E-state index contributed by atoms with van der Waals surface area (Å²) in [7, 11) is 0.351. The van der Waals surface area contributed by atoms with Gasteiger partial charge in [0.1, 0.15) is 0 Å². The first kappa shape index (κ1) is 37.5. The molecule has 0 aliphatic heterocycles. The summed E-state index contributed by atoms with van der Waals surface area (Å²) in [4.78, 5) is 0. The van der Waals surface area contributed by atoms with Gasteiger partial charge in [-0.3, -0.25) is 0 Å². The van der Waals surface area contributed by atoms with Crippen LogP contribution < -0.4 is 0 Å². The lowest BCUT2D eigenvalue weighted by molar-refractivity contribution is 0.862. The lowest BCUT2D eigenvalue weighted by atomic mass is 9.90. The molecule has 1 aromatic rings. The van der Waals surface area contributed by atoms with Gasteiger partial charge >= 0.3 is 0 Å². The molecule has 0 N–H and O–H groups in total. The maximum absolute atomic E-state index is 2.55. The molecule has 0 aliphatic carbocycles. The van der Waals surface area contributed by atoms with Crippen LogP contribution in [0, 0.1) is 20.8 Å². The van der Waals surface area contributed by atoms with Crippen molar-refractivity contribution in [3.8, 4) is 0 Å². The molecule has 0 saturated heterocycles. The summed E-state index contributed by atoms with van der Waals surface area (Å²) in [5.74, 6) is 0. The molecular weight excluding hydrogens is 525 g/mol. The molecule has 0 aliphatic rings. The summed E-state index contributed by atoms with van der Waals surface area (Å²) in [6.45, 7) is 21.9. The third-order valence-corrected chi connectivity index (χ3v) is 16.8. The topological polar surface area (TPSA) is 0 Å². The number of benzene rings is 1. The van der Waals surface area contributed by atoms with Crippen molar-refractivity contribution in [2.24, 2.45) is 0 Å². The summed E-state index contributed by atoms with van der Waals surface area (Å²) in [5.41, 5.74) is 10.6. The highest BCUT2D eigenvalue weighted by molar-refractivity contribution is 7.57. The van der Waals surface area contributed by atoms with Crippen LogP contribution in [-0.4, -0.2) is 37.0 Å². The van der Waals surface area contributed by atoms with Crippen molar-refractivity contribution in [3.63, 3.8) is 0 Å². The Morgan fingerprint density at radius 3 is 0.667 bits per heavy atom. The summed E-state index contributed by atoms with van der Waals surface area (Å²) in [6, 6.07) is 0. The second-order valence-electron chi connectivity index (χ2n) is 12.3. The summed E-state index contributed by atoms with van der Waals surface area (Å²) in [5, 5.41) is 0. The van der Waals surface area contributed by atoms with E-state index in [-0.39, 0.29) is 23.8 Å². The minimum atomic E-state index is 0.117. The van der Waals surface area contributed by atoms with Crippen LogP contribution in [0.15, 0.2) is 0 Å². The Kier molecular flexibility index (Phi) is 22.2. The number of unbranched alkanes of at least 4 members (excludes halogenated alkanes) is 6. The zero-order chi connectivity index (χ0) is 29.0. The molecule has 0 unspecified atom stereocenters. The van der Waals surface area contributed by atoms with Gasteiger partial charge in [0.25, 0.3) is 0 Å². The van der Waals surface area contributed by atoms with Gasteiger partial charge in [-0.05, 0) is 148 Å². The lowest BCUT2D eigenvalue weighted by Crippen LogP contribution is -2.10. The van der Waals surface area contributed by atoms with Crippen LogP contribution in [0.25, 0.3) is 0 Å². The van der Waals surface area contributed by atoms with E-state index in [1.807, 2.05) is 16.7 Å². The first-order valence-electron chi connectivity index (χ1n) is 17.1. The monoisotopic (exact) mass is 594 g/mol. The molecule has 39 heavy (non-hydrogen) atoms. The van der Waals surface area contributed by atoms with Crippen molar-refractivity contribution in [2.75, 3.05) is 37.0 Å². The van der Waals surface area contributed by atoms with Gasteiger partial charge < -0.3 is 0 Å². The summed E-state index contributed by atoms with van der Waals surface area (Å²) < 4.78 is 0. The van der Waals surface area contributed by atoms with E-state index >= 15 is 0 Å². The first-order valence-corrected chi connectivity index (χ1v) is 22.8. The zero-order valence-electron chi connectivity index (χ0n) is 28.2. The number of hydrogen-bond acceptors (Lipinski definition) is 0. The Labute approximate surface area is 251 Å². The van der Waals surface area contributed by atoms with Crippen molar-refractivity contribution >= 4 is 23.8 Å². The molecule has 0 nitrogen and oxygen atoms in total. The van der Waals surface area contributed by atoms with E-state index in [1.165, 1.54) is 133 Å². The third kappa shape index (κ3) is 14.0. The Morgan fingerprint density at radius 1 is 0.333 bits per heavy atom. The Balaban J connectivity index is 3.56. The van der Waals surface area contributed by atoms with Gasteiger partial charge in [0, 0.05) is 0 Å². The molecule has 0 amide bonds. The molecule has 0 aromatic heterocycles. The second kappa shape index (κ2) is 23.0. The van der Waals surface area contributed by atoms with E-state index in [2.05, 4.69) is 62.3 Å². The highest BCUT2D eigenvalue weighted by Gasteiger charge is 2.23. The Morgan fingerprint density at radius 2 is 0.513 bits per heavy atom. The van der Waals surface area contributed by atoms with Crippen molar-refractivity contribution in [2.45, 2.75) is 158 Å². The molecule has 0 radical (unpaired) electrons. The van der Waals surface area contributed by atoms with Crippen LogP contribution in [0.5, 0.6) is 0 Å². The predicted molar refractivity (Wildman–Crippen MR) is 191 cm³/mol. The smallest absolute Gasteiger partial charge is 0.00676 e. The highest BCUT2D eigenvalue weighted by atomic mass is 31.1. The standard InChI is InChI=1S/C36H69P3/c1-10-16-22-37(23-17-11-2)28-34-31(7)35(29-38(24-18-12-3)25-19-13-4)33(9)36(32(34)8)30-39(26-20-14-5)27-21-15-6/h10-30H2,1-9H3. The van der Waals surface area contributed by atoms with E-state index < -0.39 is 0 Å². The van der Waals surface area contributed by atoms with Crippen LogP contribution in [-0.2, 0) is 18.5 Å². The van der Waals surface area contributed by atoms with Crippen molar-refractivity contribution in [1.82, 2.24) is 0 Å². The molecule has 1 rings (SSSR count). The van der Waals surface area contributed by atoms with E-state index in [0.717, 1.165) is 0 Å². The first-order chi connectivity index (χ1) is 18.9. The van der Waals surface area contributed by atoms with E-state index in [9.17, 15) is 0 Å². The van der Waals surface area contributed by atoms with Crippen LogP contribution in [0.1, 0.15) is 152 Å². The average Bonchev–Trinajstić information content (AvgIpc) is 2.94. The quantitative estimate of drug-likeness (QED) is 0.104. The predicted octanol–water partition coefficient (Wildman–Crippen LogP) is 13.4. The van der Waals surface area contributed by atoms with Gasteiger partial charge in [-0.15, -0.1) is 23.8 Å². The van der Waals surface area contributed by atoms with Gasteiger partial charge in [0.05, 0.1) is 0 Å². The maximum atomic E-state index is 2.55. The van der Waals surface area contributed by atoms with Crippen molar-refractivity contribution < 1.29 is 0 Å². The molecular formula is C36H69P3. The molecule has 0 spiro atoms. The van der Waals surface area contributed by atoms with Gasteiger partial charge in [-0.1, -0.05) is 80.1 Å². The number of rotatable bonds is 24. The molecule has 0 atom stereocenters. The molecule has 0 bridgehead atoms. The molecule has 0 saturated carbocycles. The van der Waals surface area contributed by atoms with E-state index in [1.54, 1.807) is 16.7 Å². The van der Waals surface area contributed by atoms with Gasteiger partial charge in [0.15, 0.2) is 0 Å². The summed E-state index contributed by atoms with van der Waals surface area (Å²) in [6.07, 6.45) is 29.8. The van der Waals surface area contributed by atoms with E-state index in [4.69, 9.17) is 0 Å². The minimum Gasteiger partial charge on any atom is -0.102 e.